The van der Waals surface area contributed by atoms with Gasteiger partial charge in [-0.2, -0.15) is 0 Å². The first-order chi connectivity index (χ1) is 6.02. The van der Waals surface area contributed by atoms with E-state index in [9.17, 15) is 0 Å². The monoisotopic (exact) mass is 176 g/mol. The minimum atomic E-state index is 0.0261. The lowest BCUT2D eigenvalue weighted by atomic mass is 10.0. The molecule has 0 bridgehead atoms. The minimum absolute atomic E-state index is 0.0261. The molecule has 0 spiro atoms. The smallest absolute Gasteiger partial charge is 0.115 e. The molecule has 0 unspecified atom stereocenters. The summed E-state index contributed by atoms with van der Waals surface area (Å²) in [5, 5.41) is 18.3. The molecule has 0 fully saturated rings. The van der Waals surface area contributed by atoms with E-state index in [-0.39, 0.29) is 11.5 Å². The van der Waals surface area contributed by atoms with Crippen LogP contribution in [0.25, 0.3) is 11.5 Å². The average Bonchev–Trinajstić information content (AvgIpc) is 2.03. The highest BCUT2D eigenvalue weighted by Crippen LogP contribution is 2.19. The fraction of sp³-hybridized carbons (Fsp3) is 0.0909. The second kappa shape index (κ2) is 3.35. The molecule has 0 saturated heterocycles. The zero-order valence-corrected chi connectivity index (χ0v) is 7.54. The standard InChI is InChI=1S/C11H12O2/c1-7-6-10(8(2)12)4-5-11(7)9(3)13/h4-6,12-13H,2-3H2,1H3. The van der Waals surface area contributed by atoms with Crippen molar-refractivity contribution in [2.75, 3.05) is 0 Å². The van der Waals surface area contributed by atoms with Gasteiger partial charge in [0.1, 0.15) is 11.5 Å². The van der Waals surface area contributed by atoms with Crippen LogP contribution in [-0.4, -0.2) is 10.2 Å². The summed E-state index contributed by atoms with van der Waals surface area (Å²) in [4.78, 5) is 0. The lowest BCUT2D eigenvalue weighted by Crippen LogP contribution is -1.89. The Morgan fingerprint density at radius 2 is 1.77 bits per heavy atom. The maximum Gasteiger partial charge on any atom is 0.115 e. The van der Waals surface area contributed by atoms with Crippen molar-refractivity contribution in [3.63, 3.8) is 0 Å². The van der Waals surface area contributed by atoms with Gasteiger partial charge in [-0.05, 0) is 18.6 Å². The Morgan fingerprint density at radius 1 is 1.15 bits per heavy atom. The van der Waals surface area contributed by atoms with Crippen molar-refractivity contribution in [1.29, 1.82) is 0 Å². The largest absolute Gasteiger partial charge is 0.508 e. The third kappa shape index (κ3) is 1.90. The van der Waals surface area contributed by atoms with Crippen LogP contribution in [0.4, 0.5) is 0 Å². The van der Waals surface area contributed by atoms with Crippen LogP contribution in [0.5, 0.6) is 0 Å². The fourth-order valence-corrected chi connectivity index (χ4v) is 1.17. The topological polar surface area (TPSA) is 40.5 Å². The van der Waals surface area contributed by atoms with E-state index >= 15 is 0 Å². The Morgan fingerprint density at radius 3 is 2.15 bits per heavy atom. The molecule has 2 nitrogen and oxygen atoms in total. The first-order valence-corrected chi connectivity index (χ1v) is 3.89. The van der Waals surface area contributed by atoms with Crippen molar-refractivity contribution in [2.24, 2.45) is 0 Å². The quantitative estimate of drug-likeness (QED) is 0.680. The number of hydrogen-bond donors (Lipinski definition) is 2. The lowest BCUT2D eigenvalue weighted by molar-refractivity contribution is 0.510. The predicted octanol–water partition coefficient (Wildman–Crippen LogP) is 3.05. The van der Waals surface area contributed by atoms with E-state index in [1.54, 1.807) is 18.2 Å². The van der Waals surface area contributed by atoms with Crippen molar-refractivity contribution in [3.8, 4) is 0 Å². The Balaban J connectivity index is 3.20. The van der Waals surface area contributed by atoms with Crippen LogP contribution in [0.15, 0.2) is 31.4 Å². The van der Waals surface area contributed by atoms with Gasteiger partial charge in [0.15, 0.2) is 0 Å². The number of rotatable bonds is 2. The van der Waals surface area contributed by atoms with Gasteiger partial charge in [0.25, 0.3) is 0 Å². The number of benzene rings is 1. The van der Waals surface area contributed by atoms with Crippen molar-refractivity contribution in [2.45, 2.75) is 6.92 Å². The van der Waals surface area contributed by atoms with Gasteiger partial charge in [-0.15, -0.1) is 0 Å². The highest BCUT2D eigenvalue weighted by Gasteiger charge is 2.03. The predicted molar refractivity (Wildman–Crippen MR) is 54.5 cm³/mol. The molecule has 0 heterocycles. The van der Waals surface area contributed by atoms with Crippen molar-refractivity contribution < 1.29 is 10.2 Å². The first kappa shape index (κ1) is 9.39. The first-order valence-electron chi connectivity index (χ1n) is 3.89. The summed E-state index contributed by atoms with van der Waals surface area (Å²) in [7, 11) is 0. The molecule has 1 rings (SSSR count). The normalized spacial score (nSPS) is 9.62. The van der Waals surface area contributed by atoms with E-state index in [2.05, 4.69) is 13.2 Å². The van der Waals surface area contributed by atoms with Gasteiger partial charge in [0.2, 0.25) is 0 Å². The van der Waals surface area contributed by atoms with Gasteiger partial charge < -0.3 is 10.2 Å². The minimum Gasteiger partial charge on any atom is -0.508 e. The van der Waals surface area contributed by atoms with Gasteiger partial charge in [-0.1, -0.05) is 25.3 Å². The molecule has 1 aromatic carbocycles. The second-order valence-electron chi connectivity index (χ2n) is 2.92. The van der Waals surface area contributed by atoms with E-state index in [1.165, 1.54) is 0 Å². The van der Waals surface area contributed by atoms with E-state index in [0.717, 1.165) is 5.56 Å². The molecule has 0 aromatic heterocycles. The summed E-state index contributed by atoms with van der Waals surface area (Å²) >= 11 is 0. The van der Waals surface area contributed by atoms with Gasteiger partial charge in [-0.25, -0.2) is 0 Å². The van der Waals surface area contributed by atoms with Gasteiger partial charge in [0, 0.05) is 11.1 Å². The van der Waals surface area contributed by atoms with Crippen LogP contribution < -0.4 is 0 Å². The van der Waals surface area contributed by atoms with Crippen LogP contribution in [0, 0.1) is 6.92 Å². The highest BCUT2D eigenvalue weighted by atomic mass is 16.3. The summed E-state index contributed by atoms with van der Waals surface area (Å²) in [6, 6.07) is 5.14. The molecule has 2 heteroatoms. The molecule has 0 radical (unpaired) electrons. The van der Waals surface area contributed by atoms with Crippen LogP contribution in [-0.2, 0) is 0 Å². The Labute approximate surface area is 77.5 Å². The van der Waals surface area contributed by atoms with Crippen LogP contribution in [0.2, 0.25) is 0 Å². The molecule has 68 valence electrons. The maximum absolute atomic E-state index is 9.15. The number of hydrogen-bond acceptors (Lipinski definition) is 2. The van der Waals surface area contributed by atoms with E-state index in [0.29, 0.717) is 11.1 Å². The van der Waals surface area contributed by atoms with Crippen molar-refractivity contribution in [3.05, 3.63) is 48.0 Å². The van der Waals surface area contributed by atoms with Gasteiger partial charge in [-0.3, -0.25) is 0 Å². The molecule has 0 aliphatic heterocycles. The number of aryl methyl sites for hydroxylation is 1. The van der Waals surface area contributed by atoms with Crippen molar-refractivity contribution in [1.82, 2.24) is 0 Å². The third-order valence-corrected chi connectivity index (χ3v) is 1.87. The maximum atomic E-state index is 9.15. The number of aliphatic hydroxyl groups is 2. The third-order valence-electron chi connectivity index (χ3n) is 1.87. The van der Waals surface area contributed by atoms with Gasteiger partial charge >= 0.3 is 0 Å². The van der Waals surface area contributed by atoms with Crippen LogP contribution in [0.1, 0.15) is 16.7 Å². The van der Waals surface area contributed by atoms with E-state index in [1.807, 2.05) is 6.92 Å². The molecule has 2 N–H and O–H groups in total. The number of aliphatic hydroxyl groups excluding tert-OH is 2. The Kier molecular flexibility index (Phi) is 2.42. The fourth-order valence-electron chi connectivity index (χ4n) is 1.17. The second-order valence-corrected chi connectivity index (χ2v) is 2.92. The molecule has 0 atom stereocenters. The van der Waals surface area contributed by atoms with E-state index < -0.39 is 0 Å². The summed E-state index contributed by atoms with van der Waals surface area (Å²) in [5.41, 5.74) is 2.20. The SMILES string of the molecule is C=C(O)c1ccc(C(=C)O)c(C)c1. The Bertz CT molecular complexity index is 364. The molecule has 0 aliphatic rings. The molecule has 1 aromatic rings. The Hall–Kier alpha value is -1.70. The molecular formula is C11H12O2. The highest BCUT2D eigenvalue weighted by molar-refractivity contribution is 5.65. The van der Waals surface area contributed by atoms with Crippen LogP contribution in [0.3, 0.4) is 0 Å². The van der Waals surface area contributed by atoms with Gasteiger partial charge in [0.05, 0.1) is 0 Å². The summed E-state index contributed by atoms with van der Waals surface area (Å²) in [5.74, 6) is 0.0609. The zero-order valence-electron chi connectivity index (χ0n) is 7.54. The summed E-state index contributed by atoms with van der Waals surface area (Å²) in [6.45, 7) is 8.68. The molecule has 0 aliphatic carbocycles. The molecule has 0 saturated carbocycles. The van der Waals surface area contributed by atoms with E-state index in [4.69, 9.17) is 10.2 Å². The molecule has 0 amide bonds. The summed E-state index contributed by atoms with van der Waals surface area (Å²) < 4.78 is 0. The zero-order chi connectivity index (χ0) is 10.0. The van der Waals surface area contributed by atoms with Crippen LogP contribution >= 0.6 is 0 Å². The van der Waals surface area contributed by atoms with Crippen molar-refractivity contribution >= 4 is 11.5 Å². The average molecular weight is 176 g/mol. The molecular weight excluding hydrogens is 164 g/mol. The lowest BCUT2D eigenvalue weighted by Gasteiger charge is -2.05. The molecule has 13 heavy (non-hydrogen) atoms. The summed E-state index contributed by atoms with van der Waals surface area (Å²) in [6.07, 6.45) is 0.